The van der Waals surface area contributed by atoms with Crippen LogP contribution in [-0.4, -0.2) is 130 Å². The highest BCUT2D eigenvalue weighted by atomic mass is 16.5. The molecule has 0 spiro atoms. The fraction of sp³-hybridized carbons (Fsp3) is 0.940. The van der Waals surface area contributed by atoms with E-state index < -0.39 is 6.04 Å². The minimum Gasteiger partial charge on any atom is -0.377 e. The van der Waals surface area contributed by atoms with Crippen molar-refractivity contribution in [1.29, 1.82) is 0 Å². The van der Waals surface area contributed by atoms with Crippen LogP contribution in [0, 0.1) is 23.7 Å². The van der Waals surface area contributed by atoms with Gasteiger partial charge in [0.05, 0.1) is 26.4 Å². The maximum Gasteiger partial charge on any atom is 0.243 e. The Hall–Kier alpha value is -2.08. The van der Waals surface area contributed by atoms with Crippen LogP contribution >= 0.6 is 0 Å². The average Bonchev–Trinajstić information content (AvgIpc) is 3.43. The lowest BCUT2D eigenvalue weighted by atomic mass is 9.76. The molecule has 462 valence electrons. The Morgan fingerprint density at radius 3 is 1.12 bits per heavy atom. The first kappa shape index (κ1) is 75.9. The number of unbranched alkanes of at least 4 members (excludes halogenated alkanes) is 28. The van der Waals surface area contributed by atoms with E-state index >= 15 is 0 Å². The molecule has 0 fully saturated rings. The standard InChI is InChI=1S/C67H133N5O6/c1-11-17-19-21-23-25-27-29-31-33-35-37-39-41-43-48-62(73)61(47-45-52-70(13-3)14-4)64(59(7)8)66(75)68-50-55-77-57-58-78-56-51-69-67(76)65(60(9)10)72(54-46-53-71(15-5)16-6)63(74)49-44-42-40-38-36-34-32-30-28-26-24-22-20-18-12-2/h59-61,64-65H,11-58H2,1-10H3,(H,68,75)(H,69,76). The van der Waals surface area contributed by atoms with Crippen molar-refractivity contribution in [3.8, 4) is 0 Å². The maximum absolute atomic E-state index is 13.9. The van der Waals surface area contributed by atoms with E-state index in [9.17, 15) is 19.2 Å². The van der Waals surface area contributed by atoms with Gasteiger partial charge in [-0.2, -0.15) is 0 Å². The fourth-order valence-electron chi connectivity index (χ4n) is 11.5. The fourth-order valence-corrected chi connectivity index (χ4v) is 11.5. The van der Waals surface area contributed by atoms with Gasteiger partial charge < -0.3 is 34.8 Å². The number of carbonyl (C=O) groups excluding carboxylic acids is 4. The highest BCUT2D eigenvalue weighted by Gasteiger charge is 2.35. The summed E-state index contributed by atoms with van der Waals surface area (Å²) in [6.07, 6.45) is 42.3. The van der Waals surface area contributed by atoms with Crippen molar-refractivity contribution >= 4 is 23.5 Å². The second-order valence-electron chi connectivity index (χ2n) is 23.9. The number of nitrogens with zero attached hydrogens (tertiary/aromatic N) is 3. The van der Waals surface area contributed by atoms with Gasteiger partial charge in [-0.05, 0) is 83.2 Å². The Balaban J connectivity index is 4.90. The number of nitrogens with one attached hydrogen (secondary N) is 2. The zero-order valence-corrected chi connectivity index (χ0v) is 53.6. The highest BCUT2D eigenvalue weighted by Crippen LogP contribution is 2.29. The summed E-state index contributed by atoms with van der Waals surface area (Å²) in [7, 11) is 0. The van der Waals surface area contributed by atoms with Crippen molar-refractivity contribution in [2.45, 2.75) is 300 Å². The van der Waals surface area contributed by atoms with Gasteiger partial charge in [-0.15, -0.1) is 0 Å². The van der Waals surface area contributed by atoms with E-state index in [1.807, 2.05) is 18.7 Å². The molecule has 3 amide bonds. The van der Waals surface area contributed by atoms with Crippen LogP contribution in [0.2, 0.25) is 0 Å². The van der Waals surface area contributed by atoms with Gasteiger partial charge in [0.1, 0.15) is 11.8 Å². The lowest BCUT2D eigenvalue weighted by molar-refractivity contribution is -0.142. The Labute approximate surface area is 484 Å². The molecule has 0 bridgehead atoms. The van der Waals surface area contributed by atoms with Crippen LogP contribution in [0.3, 0.4) is 0 Å². The number of hydrogen-bond acceptors (Lipinski definition) is 8. The van der Waals surface area contributed by atoms with Gasteiger partial charge >= 0.3 is 0 Å². The number of hydrogen-bond donors (Lipinski definition) is 2. The van der Waals surface area contributed by atoms with Gasteiger partial charge in [0.2, 0.25) is 17.7 Å². The van der Waals surface area contributed by atoms with E-state index in [-0.39, 0.29) is 47.2 Å². The summed E-state index contributed by atoms with van der Waals surface area (Å²) >= 11 is 0. The summed E-state index contributed by atoms with van der Waals surface area (Å²) in [6.45, 7) is 30.0. The SMILES string of the molecule is CCCCCCCCCCCCCCCCCC(=O)C(CCCN(CC)CC)C(C(=O)NCCOCCOCCNC(=O)C(C(C)C)N(CCCN(CC)CC)C(=O)CCCCCCCCCCCCCCCCC)C(C)C. The molecule has 0 rings (SSSR count). The molecule has 0 aliphatic rings. The average molecular weight is 1100 g/mol. The molecule has 0 aromatic heterocycles. The Morgan fingerprint density at radius 1 is 0.385 bits per heavy atom. The summed E-state index contributed by atoms with van der Waals surface area (Å²) < 4.78 is 11.7. The van der Waals surface area contributed by atoms with Crippen LogP contribution in [-0.2, 0) is 28.7 Å². The second kappa shape index (κ2) is 55.5. The molecular formula is C67H133N5O6. The summed E-state index contributed by atoms with van der Waals surface area (Å²) in [5, 5.41) is 6.20. The third-order valence-corrected chi connectivity index (χ3v) is 16.6. The molecular weight excluding hydrogens is 971 g/mol. The first-order chi connectivity index (χ1) is 37.9. The second-order valence-corrected chi connectivity index (χ2v) is 23.9. The maximum atomic E-state index is 13.9. The monoisotopic (exact) mass is 1100 g/mol. The molecule has 0 saturated heterocycles. The predicted octanol–water partition coefficient (Wildman–Crippen LogP) is 15.9. The number of amides is 3. The van der Waals surface area contributed by atoms with Crippen LogP contribution in [0.25, 0.3) is 0 Å². The Morgan fingerprint density at radius 2 is 0.744 bits per heavy atom. The van der Waals surface area contributed by atoms with Crippen LogP contribution in [0.15, 0.2) is 0 Å². The number of ketones is 1. The summed E-state index contributed by atoms with van der Waals surface area (Å²) in [4.78, 5) is 62.1. The number of carbonyl (C=O) groups is 4. The summed E-state index contributed by atoms with van der Waals surface area (Å²) in [5.74, 6) is -0.446. The molecule has 0 aromatic rings. The normalized spacial score (nSPS) is 13.0. The summed E-state index contributed by atoms with van der Waals surface area (Å²) in [6, 6.07) is -0.529. The van der Waals surface area contributed by atoms with Gasteiger partial charge in [-0.25, -0.2) is 0 Å². The molecule has 0 heterocycles. The minimum absolute atomic E-state index is 0.0262. The molecule has 3 atom stereocenters. The van der Waals surface area contributed by atoms with Crippen molar-refractivity contribution < 1.29 is 28.7 Å². The van der Waals surface area contributed by atoms with E-state index in [4.69, 9.17) is 9.47 Å². The molecule has 2 N–H and O–H groups in total. The lowest BCUT2D eigenvalue weighted by Gasteiger charge is -2.34. The van der Waals surface area contributed by atoms with Crippen LogP contribution < -0.4 is 10.6 Å². The molecule has 78 heavy (non-hydrogen) atoms. The molecule has 3 unspecified atom stereocenters. The van der Waals surface area contributed by atoms with Crippen molar-refractivity contribution in [3.05, 3.63) is 0 Å². The van der Waals surface area contributed by atoms with Gasteiger partial charge in [-0.3, -0.25) is 19.2 Å². The summed E-state index contributed by atoms with van der Waals surface area (Å²) in [5.41, 5.74) is 0. The Kier molecular flexibility index (Phi) is 54.0. The Bertz CT molecular complexity index is 1260. The zero-order chi connectivity index (χ0) is 57.7. The third kappa shape index (κ3) is 41.8. The number of Topliss-reactive ketones (excluding diaryl/α,β-unsaturated/α-hetero) is 1. The predicted molar refractivity (Wildman–Crippen MR) is 333 cm³/mol. The van der Waals surface area contributed by atoms with E-state index in [0.717, 1.165) is 84.2 Å². The van der Waals surface area contributed by atoms with Crippen molar-refractivity contribution in [2.24, 2.45) is 23.7 Å². The largest absolute Gasteiger partial charge is 0.377 e. The minimum atomic E-state index is -0.529. The quantitative estimate of drug-likeness (QED) is 0.0578. The van der Waals surface area contributed by atoms with Crippen molar-refractivity contribution in [3.63, 3.8) is 0 Å². The number of rotatable bonds is 60. The van der Waals surface area contributed by atoms with Crippen molar-refractivity contribution in [2.75, 3.05) is 85.3 Å². The van der Waals surface area contributed by atoms with Crippen LogP contribution in [0.5, 0.6) is 0 Å². The topological polar surface area (TPSA) is 121 Å². The van der Waals surface area contributed by atoms with Gasteiger partial charge in [0, 0.05) is 44.3 Å². The highest BCUT2D eigenvalue weighted by molar-refractivity contribution is 5.89. The van der Waals surface area contributed by atoms with E-state index in [0.29, 0.717) is 58.9 Å². The van der Waals surface area contributed by atoms with Crippen LogP contribution in [0.4, 0.5) is 0 Å². The molecule has 0 aliphatic carbocycles. The molecule has 11 nitrogen and oxygen atoms in total. The molecule has 0 radical (unpaired) electrons. The smallest absolute Gasteiger partial charge is 0.243 e. The molecule has 11 heteroatoms. The van der Waals surface area contributed by atoms with E-state index in [1.165, 1.54) is 167 Å². The molecule has 0 saturated carbocycles. The van der Waals surface area contributed by atoms with Crippen molar-refractivity contribution in [1.82, 2.24) is 25.3 Å². The molecule has 0 aromatic carbocycles. The zero-order valence-electron chi connectivity index (χ0n) is 53.6. The molecule has 0 aliphatic heterocycles. The van der Waals surface area contributed by atoms with E-state index in [2.05, 4.69) is 75.8 Å². The van der Waals surface area contributed by atoms with Gasteiger partial charge in [-0.1, -0.05) is 249 Å². The van der Waals surface area contributed by atoms with E-state index in [1.54, 1.807) is 0 Å². The number of ether oxygens (including phenoxy) is 2. The lowest BCUT2D eigenvalue weighted by Crippen LogP contribution is -2.53. The first-order valence-corrected chi connectivity index (χ1v) is 33.9. The van der Waals surface area contributed by atoms with Crippen LogP contribution in [0.1, 0.15) is 294 Å². The first-order valence-electron chi connectivity index (χ1n) is 33.9. The van der Waals surface area contributed by atoms with Gasteiger partial charge in [0.15, 0.2) is 0 Å². The third-order valence-electron chi connectivity index (χ3n) is 16.6. The van der Waals surface area contributed by atoms with Gasteiger partial charge in [0.25, 0.3) is 0 Å².